The summed E-state index contributed by atoms with van der Waals surface area (Å²) in [4.78, 5) is 0. The molecule has 0 spiro atoms. The first-order chi connectivity index (χ1) is 6.84. The second-order valence-electron chi connectivity index (χ2n) is 3.15. The summed E-state index contributed by atoms with van der Waals surface area (Å²) in [6.45, 7) is 0. The van der Waals surface area contributed by atoms with Crippen LogP contribution in [0.15, 0.2) is 40.8 Å². The molecule has 0 unspecified atom stereocenters. The summed E-state index contributed by atoms with van der Waals surface area (Å²) in [5.74, 6) is 0. The van der Waals surface area contributed by atoms with Crippen LogP contribution in [0.4, 0.5) is 0 Å². The molecule has 0 atom stereocenters. The molecule has 1 nitrogen and oxygen atoms in total. The molecule has 1 heterocycles. The molecule has 67 valence electrons. The number of furan rings is 1. The van der Waals surface area contributed by atoms with Gasteiger partial charge in [-0.05, 0) is 24.3 Å². The number of hydrogen-bond acceptors (Lipinski definition) is 1. The molecule has 2 aromatic carbocycles. The lowest BCUT2D eigenvalue weighted by Crippen LogP contribution is -1.65. The zero-order chi connectivity index (χ0) is 9.54. The number of rotatable bonds is 0. The van der Waals surface area contributed by atoms with Crippen LogP contribution >= 0.6 is 11.6 Å². The number of halogens is 1. The standard InChI is InChI=1S/C12H6ClO/c13-8-5-6-10-9-3-1-2-4-11(9)14-12(10)7-8/h1-2,4-7H. The van der Waals surface area contributed by atoms with Crippen LogP contribution in [0.3, 0.4) is 0 Å². The molecular weight excluding hydrogens is 196 g/mol. The Morgan fingerprint density at radius 3 is 3.00 bits per heavy atom. The second kappa shape index (κ2) is 2.76. The van der Waals surface area contributed by atoms with Crippen molar-refractivity contribution in [2.45, 2.75) is 0 Å². The predicted octanol–water partition coefficient (Wildman–Crippen LogP) is 4.04. The van der Waals surface area contributed by atoms with Gasteiger partial charge in [0.25, 0.3) is 0 Å². The number of hydrogen-bond donors (Lipinski definition) is 0. The Labute approximate surface area is 85.9 Å². The minimum absolute atomic E-state index is 0.691. The van der Waals surface area contributed by atoms with Gasteiger partial charge in [0.1, 0.15) is 11.2 Å². The lowest BCUT2D eigenvalue weighted by molar-refractivity contribution is 0.669. The summed E-state index contributed by atoms with van der Waals surface area (Å²) in [6, 6.07) is 14.5. The molecule has 3 rings (SSSR count). The van der Waals surface area contributed by atoms with Crippen LogP contribution in [0.5, 0.6) is 0 Å². The van der Waals surface area contributed by atoms with E-state index < -0.39 is 0 Å². The van der Waals surface area contributed by atoms with Crippen molar-refractivity contribution < 1.29 is 4.42 Å². The highest BCUT2D eigenvalue weighted by Gasteiger charge is 2.05. The lowest BCUT2D eigenvalue weighted by Gasteiger charge is -1.88. The van der Waals surface area contributed by atoms with E-state index in [4.69, 9.17) is 16.0 Å². The van der Waals surface area contributed by atoms with Crippen molar-refractivity contribution in [1.29, 1.82) is 0 Å². The Morgan fingerprint density at radius 1 is 1.14 bits per heavy atom. The van der Waals surface area contributed by atoms with Crippen LogP contribution in [-0.4, -0.2) is 0 Å². The molecule has 0 aliphatic heterocycles. The Bertz CT molecular complexity index is 610. The Balaban J connectivity index is 2.57. The molecule has 3 aromatic rings. The van der Waals surface area contributed by atoms with Gasteiger partial charge in [0.2, 0.25) is 0 Å². The van der Waals surface area contributed by atoms with Crippen LogP contribution in [0.2, 0.25) is 5.02 Å². The van der Waals surface area contributed by atoms with Gasteiger partial charge in [-0.1, -0.05) is 23.7 Å². The lowest BCUT2D eigenvalue weighted by atomic mass is 10.2. The van der Waals surface area contributed by atoms with Crippen molar-refractivity contribution in [3.8, 4) is 0 Å². The van der Waals surface area contributed by atoms with Gasteiger partial charge in [-0.3, -0.25) is 0 Å². The van der Waals surface area contributed by atoms with E-state index >= 15 is 0 Å². The van der Waals surface area contributed by atoms with Gasteiger partial charge < -0.3 is 4.42 Å². The fourth-order valence-electron chi connectivity index (χ4n) is 1.62. The SMILES string of the molecule is Clc1ccc2c(c1)oc1ccc[c]c12. The largest absolute Gasteiger partial charge is 0.456 e. The third kappa shape index (κ3) is 1.03. The van der Waals surface area contributed by atoms with E-state index in [1.54, 1.807) is 0 Å². The van der Waals surface area contributed by atoms with Gasteiger partial charge in [0.05, 0.1) is 0 Å². The van der Waals surface area contributed by atoms with E-state index in [9.17, 15) is 0 Å². The van der Waals surface area contributed by atoms with Crippen LogP contribution in [0, 0.1) is 6.07 Å². The third-order valence-corrected chi connectivity index (χ3v) is 2.49. The topological polar surface area (TPSA) is 13.1 Å². The quantitative estimate of drug-likeness (QED) is 0.535. The molecule has 0 aliphatic carbocycles. The van der Waals surface area contributed by atoms with E-state index in [-0.39, 0.29) is 0 Å². The molecule has 0 bridgehead atoms. The molecule has 0 saturated carbocycles. The van der Waals surface area contributed by atoms with E-state index in [0.29, 0.717) is 5.02 Å². The highest BCUT2D eigenvalue weighted by Crippen LogP contribution is 2.29. The Kier molecular flexibility index (Phi) is 1.55. The van der Waals surface area contributed by atoms with Gasteiger partial charge in [-0.2, -0.15) is 0 Å². The molecular formula is C12H6ClO. The van der Waals surface area contributed by atoms with Crippen molar-refractivity contribution >= 4 is 33.5 Å². The van der Waals surface area contributed by atoms with Gasteiger partial charge in [0, 0.05) is 21.9 Å². The molecule has 0 saturated heterocycles. The van der Waals surface area contributed by atoms with E-state index in [1.165, 1.54) is 0 Å². The number of benzene rings is 2. The van der Waals surface area contributed by atoms with Gasteiger partial charge in [-0.15, -0.1) is 0 Å². The molecule has 0 fully saturated rings. The first kappa shape index (κ1) is 7.89. The highest BCUT2D eigenvalue weighted by molar-refractivity contribution is 6.31. The van der Waals surface area contributed by atoms with Gasteiger partial charge in [0.15, 0.2) is 0 Å². The average Bonchev–Trinajstić information content (AvgIpc) is 2.54. The first-order valence-corrected chi connectivity index (χ1v) is 4.71. The van der Waals surface area contributed by atoms with Crippen molar-refractivity contribution in [3.63, 3.8) is 0 Å². The predicted molar refractivity (Wildman–Crippen MR) is 57.6 cm³/mol. The monoisotopic (exact) mass is 201 g/mol. The average molecular weight is 202 g/mol. The van der Waals surface area contributed by atoms with Crippen LogP contribution in [-0.2, 0) is 0 Å². The van der Waals surface area contributed by atoms with E-state index in [1.807, 2.05) is 36.4 Å². The van der Waals surface area contributed by atoms with Crippen molar-refractivity contribution in [3.05, 3.63) is 47.5 Å². The fraction of sp³-hybridized carbons (Fsp3) is 0. The zero-order valence-electron chi connectivity index (χ0n) is 7.25. The Hall–Kier alpha value is -1.47. The van der Waals surface area contributed by atoms with Gasteiger partial charge in [-0.25, -0.2) is 0 Å². The smallest absolute Gasteiger partial charge is 0.136 e. The van der Waals surface area contributed by atoms with Crippen LogP contribution in [0.25, 0.3) is 21.9 Å². The normalized spacial score (nSPS) is 11.2. The summed E-state index contributed by atoms with van der Waals surface area (Å²) in [6.07, 6.45) is 0. The van der Waals surface area contributed by atoms with Crippen molar-refractivity contribution in [2.24, 2.45) is 0 Å². The summed E-state index contributed by atoms with van der Waals surface area (Å²) in [5.41, 5.74) is 1.67. The van der Waals surface area contributed by atoms with Crippen LogP contribution < -0.4 is 0 Å². The fourth-order valence-corrected chi connectivity index (χ4v) is 1.78. The molecule has 14 heavy (non-hydrogen) atoms. The molecule has 2 heteroatoms. The highest BCUT2D eigenvalue weighted by atomic mass is 35.5. The molecule has 1 radical (unpaired) electrons. The minimum atomic E-state index is 0.691. The summed E-state index contributed by atoms with van der Waals surface area (Å²) in [7, 11) is 0. The van der Waals surface area contributed by atoms with Crippen LogP contribution in [0.1, 0.15) is 0 Å². The molecule has 1 aromatic heterocycles. The first-order valence-electron chi connectivity index (χ1n) is 4.33. The van der Waals surface area contributed by atoms with Gasteiger partial charge >= 0.3 is 0 Å². The number of fused-ring (bicyclic) bond motifs is 3. The molecule has 0 N–H and O–H groups in total. The summed E-state index contributed by atoms with van der Waals surface area (Å²) in [5, 5.41) is 2.76. The third-order valence-electron chi connectivity index (χ3n) is 2.25. The Morgan fingerprint density at radius 2 is 2.07 bits per heavy atom. The van der Waals surface area contributed by atoms with E-state index in [0.717, 1.165) is 21.9 Å². The van der Waals surface area contributed by atoms with E-state index in [2.05, 4.69) is 6.07 Å². The minimum Gasteiger partial charge on any atom is -0.456 e. The second-order valence-corrected chi connectivity index (χ2v) is 3.59. The summed E-state index contributed by atoms with van der Waals surface area (Å²) < 4.78 is 5.62. The zero-order valence-corrected chi connectivity index (χ0v) is 8.01. The summed E-state index contributed by atoms with van der Waals surface area (Å²) >= 11 is 5.88. The molecule has 0 amide bonds. The molecule has 0 aliphatic rings. The maximum atomic E-state index is 5.88. The maximum absolute atomic E-state index is 5.88. The van der Waals surface area contributed by atoms with Crippen molar-refractivity contribution in [2.75, 3.05) is 0 Å². The van der Waals surface area contributed by atoms with Crippen molar-refractivity contribution in [1.82, 2.24) is 0 Å². The maximum Gasteiger partial charge on any atom is 0.136 e.